The highest BCUT2D eigenvalue weighted by molar-refractivity contribution is 14.0. The smallest absolute Gasteiger partial charge is 0.191 e. The Labute approximate surface area is 156 Å². The van der Waals surface area contributed by atoms with E-state index in [9.17, 15) is 0 Å². The third-order valence-electron chi connectivity index (χ3n) is 3.84. The molecule has 6 heteroatoms. The molecule has 128 valence electrons. The quantitative estimate of drug-likeness (QED) is 0.327. The first-order valence-electron chi connectivity index (χ1n) is 8.09. The summed E-state index contributed by atoms with van der Waals surface area (Å²) in [6, 6.07) is 4.23. The number of halogens is 1. The Hall–Kier alpha value is -1.31. The Morgan fingerprint density at radius 1 is 1.30 bits per heavy atom. The second-order valence-electron chi connectivity index (χ2n) is 5.52. The zero-order chi connectivity index (χ0) is 15.6. The van der Waals surface area contributed by atoms with Crippen molar-refractivity contribution in [1.29, 1.82) is 0 Å². The van der Waals surface area contributed by atoms with Crippen molar-refractivity contribution in [3.63, 3.8) is 0 Å². The normalized spacial score (nSPS) is 15.3. The molecule has 1 saturated heterocycles. The largest absolute Gasteiger partial charge is 0.357 e. The molecule has 0 aromatic carbocycles. The highest BCUT2D eigenvalue weighted by atomic mass is 127. The lowest BCUT2D eigenvalue weighted by molar-refractivity contribution is 0.726. The molecule has 0 atom stereocenters. The molecule has 0 unspecified atom stereocenters. The first-order valence-corrected chi connectivity index (χ1v) is 8.09. The predicted octanol–water partition coefficient (Wildman–Crippen LogP) is 2.93. The van der Waals surface area contributed by atoms with Crippen LogP contribution in [0.15, 0.2) is 36.0 Å². The number of nitrogens with one attached hydrogen (secondary N) is 2. The average Bonchev–Trinajstić information content (AvgIpc) is 2.85. The number of aromatic nitrogens is 1. The minimum Gasteiger partial charge on any atom is -0.357 e. The summed E-state index contributed by atoms with van der Waals surface area (Å²) in [6.45, 7) is 7.37. The van der Waals surface area contributed by atoms with Crippen LogP contribution in [-0.2, 0) is 6.54 Å². The maximum absolute atomic E-state index is 4.54. The molecule has 2 heterocycles. The fourth-order valence-electron chi connectivity index (χ4n) is 2.62. The molecule has 1 aliphatic heterocycles. The van der Waals surface area contributed by atoms with E-state index in [2.05, 4.69) is 44.2 Å². The van der Waals surface area contributed by atoms with Gasteiger partial charge in [0.2, 0.25) is 0 Å². The lowest BCUT2D eigenvalue weighted by Gasteiger charge is -2.22. The minimum absolute atomic E-state index is 0. The molecule has 5 nitrogen and oxygen atoms in total. The molecule has 2 rings (SSSR count). The van der Waals surface area contributed by atoms with E-state index in [-0.39, 0.29) is 24.0 Å². The number of pyridine rings is 1. The van der Waals surface area contributed by atoms with Crippen LogP contribution in [0.2, 0.25) is 0 Å². The molecule has 1 aromatic rings. The van der Waals surface area contributed by atoms with Crippen molar-refractivity contribution in [1.82, 2.24) is 15.6 Å². The van der Waals surface area contributed by atoms with E-state index in [1.807, 2.05) is 12.3 Å². The molecule has 0 bridgehead atoms. The second kappa shape index (κ2) is 11.3. The molecule has 1 aliphatic rings. The van der Waals surface area contributed by atoms with Crippen LogP contribution in [0.4, 0.5) is 5.82 Å². The van der Waals surface area contributed by atoms with Crippen molar-refractivity contribution in [3.8, 4) is 0 Å². The van der Waals surface area contributed by atoms with Crippen LogP contribution < -0.4 is 15.5 Å². The monoisotopic (exact) mass is 429 g/mol. The Bertz CT molecular complexity index is 496. The molecule has 0 radical (unpaired) electrons. The summed E-state index contributed by atoms with van der Waals surface area (Å²) in [6.07, 6.45) is 8.92. The van der Waals surface area contributed by atoms with E-state index in [0.717, 1.165) is 31.4 Å². The van der Waals surface area contributed by atoms with Gasteiger partial charge in [0.15, 0.2) is 5.96 Å². The Balaban J connectivity index is 0.00000264. The van der Waals surface area contributed by atoms with Crippen molar-refractivity contribution in [2.45, 2.75) is 32.2 Å². The topological polar surface area (TPSA) is 52.6 Å². The minimum atomic E-state index is 0. The van der Waals surface area contributed by atoms with Crippen molar-refractivity contribution >= 4 is 35.8 Å². The van der Waals surface area contributed by atoms with Gasteiger partial charge in [0.1, 0.15) is 5.82 Å². The fourth-order valence-corrected chi connectivity index (χ4v) is 2.62. The van der Waals surface area contributed by atoms with Crippen LogP contribution in [0.5, 0.6) is 0 Å². The second-order valence-corrected chi connectivity index (χ2v) is 5.52. The zero-order valence-electron chi connectivity index (χ0n) is 13.9. The van der Waals surface area contributed by atoms with E-state index in [4.69, 9.17) is 0 Å². The van der Waals surface area contributed by atoms with Gasteiger partial charge in [-0.05, 0) is 30.5 Å². The SMILES string of the molecule is C=CCNC(=NC)NCc1ccnc(N2CCCCCC2)c1.I. The molecule has 2 N–H and O–H groups in total. The van der Waals surface area contributed by atoms with Gasteiger partial charge in [-0.2, -0.15) is 0 Å². The molecular weight excluding hydrogens is 401 g/mol. The number of aliphatic imine (C=N–C) groups is 1. The Kier molecular flexibility index (Phi) is 9.66. The maximum atomic E-state index is 4.54. The van der Waals surface area contributed by atoms with Crippen LogP contribution in [0.25, 0.3) is 0 Å². The van der Waals surface area contributed by atoms with Crippen molar-refractivity contribution in [2.75, 3.05) is 31.6 Å². The summed E-state index contributed by atoms with van der Waals surface area (Å²) < 4.78 is 0. The van der Waals surface area contributed by atoms with Gasteiger partial charge in [-0.25, -0.2) is 4.98 Å². The number of guanidine groups is 1. The highest BCUT2D eigenvalue weighted by Crippen LogP contribution is 2.18. The average molecular weight is 429 g/mol. The summed E-state index contributed by atoms with van der Waals surface area (Å²) >= 11 is 0. The van der Waals surface area contributed by atoms with E-state index >= 15 is 0 Å². The molecule has 1 fully saturated rings. The van der Waals surface area contributed by atoms with Crippen LogP contribution in [0, 0.1) is 0 Å². The van der Waals surface area contributed by atoms with Crippen LogP contribution in [0.3, 0.4) is 0 Å². The van der Waals surface area contributed by atoms with Gasteiger partial charge in [-0.1, -0.05) is 18.9 Å². The molecule has 0 spiro atoms. The summed E-state index contributed by atoms with van der Waals surface area (Å²) in [4.78, 5) is 11.1. The molecule has 0 aliphatic carbocycles. The van der Waals surface area contributed by atoms with Gasteiger partial charge in [0, 0.05) is 39.4 Å². The third kappa shape index (κ3) is 6.76. The van der Waals surface area contributed by atoms with Gasteiger partial charge in [-0.3, -0.25) is 4.99 Å². The van der Waals surface area contributed by atoms with Crippen LogP contribution in [-0.4, -0.2) is 37.6 Å². The van der Waals surface area contributed by atoms with E-state index in [1.54, 1.807) is 7.05 Å². The Morgan fingerprint density at radius 2 is 2.04 bits per heavy atom. The predicted molar refractivity (Wildman–Crippen MR) is 109 cm³/mol. The summed E-state index contributed by atoms with van der Waals surface area (Å²) in [5, 5.41) is 6.48. The van der Waals surface area contributed by atoms with E-state index in [0.29, 0.717) is 6.54 Å². The van der Waals surface area contributed by atoms with Crippen LogP contribution in [0.1, 0.15) is 31.2 Å². The fraction of sp³-hybridized carbons (Fsp3) is 0.529. The number of anilines is 1. The summed E-state index contributed by atoms with van der Waals surface area (Å²) in [5.41, 5.74) is 1.22. The molecule has 23 heavy (non-hydrogen) atoms. The summed E-state index contributed by atoms with van der Waals surface area (Å²) in [7, 11) is 1.77. The van der Waals surface area contributed by atoms with E-state index in [1.165, 1.54) is 31.2 Å². The molecule has 0 amide bonds. The van der Waals surface area contributed by atoms with Crippen molar-refractivity contribution in [2.24, 2.45) is 4.99 Å². The van der Waals surface area contributed by atoms with Gasteiger partial charge >= 0.3 is 0 Å². The molecular formula is C17H28IN5. The van der Waals surface area contributed by atoms with E-state index < -0.39 is 0 Å². The highest BCUT2D eigenvalue weighted by Gasteiger charge is 2.11. The lowest BCUT2D eigenvalue weighted by atomic mass is 10.2. The maximum Gasteiger partial charge on any atom is 0.191 e. The standard InChI is InChI=1S/C17H27N5.HI/c1-3-9-20-17(18-2)21-14-15-8-10-19-16(13-15)22-11-6-4-5-7-12-22;/h3,8,10,13H,1,4-7,9,11-12,14H2,2H3,(H2,18,20,21);1H. The first-order chi connectivity index (χ1) is 10.8. The van der Waals surface area contributed by atoms with Gasteiger partial charge in [-0.15, -0.1) is 30.6 Å². The van der Waals surface area contributed by atoms with Gasteiger partial charge < -0.3 is 15.5 Å². The van der Waals surface area contributed by atoms with Crippen molar-refractivity contribution in [3.05, 3.63) is 36.5 Å². The third-order valence-corrected chi connectivity index (χ3v) is 3.84. The first kappa shape index (κ1) is 19.7. The molecule has 1 aromatic heterocycles. The Morgan fingerprint density at radius 3 is 2.70 bits per heavy atom. The number of hydrogen-bond donors (Lipinski definition) is 2. The molecule has 0 saturated carbocycles. The van der Waals surface area contributed by atoms with Gasteiger partial charge in [0.05, 0.1) is 0 Å². The zero-order valence-corrected chi connectivity index (χ0v) is 16.3. The summed E-state index contributed by atoms with van der Waals surface area (Å²) in [5.74, 6) is 1.88. The van der Waals surface area contributed by atoms with Crippen molar-refractivity contribution < 1.29 is 0 Å². The number of rotatable bonds is 5. The van der Waals surface area contributed by atoms with Gasteiger partial charge in [0.25, 0.3) is 0 Å². The number of nitrogens with zero attached hydrogens (tertiary/aromatic N) is 3. The number of hydrogen-bond acceptors (Lipinski definition) is 3. The lowest BCUT2D eigenvalue weighted by Crippen LogP contribution is -2.36. The van der Waals surface area contributed by atoms with Crippen LogP contribution >= 0.6 is 24.0 Å².